The van der Waals surface area contributed by atoms with Crippen molar-refractivity contribution in [1.29, 1.82) is 0 Å². The quantitative estimate of drug-likeness (QED) is 0.642. The summed E-state index contributed by atoms with van der Waals surface area (Å²) in [4.78, 5) is 1.93. The molecule has 106 valence electrons. The fourth-order valence-corrected chi connectivity index (χ4v) is 2.99. The molecule has 0 unspecified atom stereocenters. The Bertz CT molecular complexity index is 456. The molecule has 0 radical (unpaired) electrons. The fraction of sp³-hybridized carbons (Fsp3) is 0.571. The van der Waals surface area contributed by atoms with Crippen LogP contribution in [0.1, 0.15) is 38.5 Å². The van der Waals surface area contributed by atoms with Gasteiger partial charge < -0.3 is 16.4 Å². The Balaban J connectivity index is 2.32. The number of nitrogens with zero attached hydrogens (tertiary/aromatic N) is 1. The van der Waals surface area contributed by atoms with Gasteiger partial charge in [0.25, 0.3) is 0 Å². The van der Waals surface area contributed by atoms with E-state index in [1.54, 1.807) is 0 Å². The monoisotopic (exact) mass is 285 g/mol. The molecule has 3 nitrogen and oxygen atoms in total. The molecule has 0 heterocycles. The molecule has 1 aromatic carbocycles. The number of anilines is 3. The molecule has 19 heavy (non-hydrogen) atoms. The number of rotatable bonds is 2. The van der Waals surface area contributed by atoms with Crippen LogP contribution in [0.25, 0.3) is 0 Å². The molecule has 5 heteroatoms. The number of nitrogen functional groups attached to an aromatic ring is 2. The lowest BCUT2D eigenvalue weighted by Crippen LogP contribution is -2.32. The number of halogens is 2. The molecule has 1 aliphatic carbocycles. The van der Waals surface area contributed by atoms with E-state index in [1.807, 2.05) is 11.9 Å². The van der Waals surface area contributed by atoms with Crippen LogP contribution < -0.4 is 16.4 Å². The summed E-state index contributed by atoms with van der Waals surface area (Å²) in [6, 6.07) is 1.85. The molecule has 0 spiro atoms. The van der Waals surface area contributed by atoms with Crippen LogP contribution in [0, 0.1) is 5.82 Å². The van der Waals surface area contributed by atoms with Crippen molar-refractivity contribution in [2.24, 2.45) is 0 Å². The second-order valence-electron chi connectivity index (χ2n) is 5.29. The third kappa shape index (κ3) is 2.89. The Morgan fingerprint density at radius 2 is 1.74 bits per heavy atom. The van der Waals surface area contributed by atoms with E-state index in [9.17, 15) is 4.39 Å². The van der Waals surface area contributed by atoms with Crippen molar-refractivity contribution < 1.29 is 4.39 Å². The highest BCUT2D eigenvalue weighted by molar-refractivity contribution is 6.33. The minimum Gasteiger partial charge on any atom is -0.397 e. The van der Waals surface area contributed by atoms with Crippen molar-refractivity contribution in [2.45, 2.75) is 44.6 Å². The van der Waals surface area contributed by atoms with E-state index in [-0.39, 0.29) is 10.7 Å². The van der Waals surface area contributed by atoms with Gasteiger partial charge in [0.1, 0.15) is 5.02 Å². The van der Waals surface area contributed by atoms with Crippen molar-refractivity contribution in [1.82, 2.24) is 0 Å². The van der Waals surface area contributed by atoms with Crippen molar-refractivity contribution in [3.05, 3.63) is 16.9 Å². The van der Waals surface area contributed by atoms with Crippen molar-refractivity contribution in [2.75, 3.05) is 23.4 Å². The normalized spacial score (nSPS) is 17.2. The van der Waals surface area contributed by atoms with Gasteiger partial charge in [-0.2, -0.15) is 0 Å². The van der Waals surface area contributed by atoms with E-state index in [0.29, 0.717) is 17.4 Å². The molecule has 0 aliphatic heterocycles. The lowest BCUT2D eigenvalue weighted by molar-refractivity contribution is 0.539. The summed E-state index contributed by atoms with van der Waals surface area (Å²) in [6.45, 7) is 0. The fourth-order valence-electron chi connectivity index (χ4n) is 2.84. The molecule has 0 bridgehead atoms. The summed E-state index contributed by atoms with van der Waals surface area (Å²) in [5.74, 6) is -0.508. The van der Waals surface area contributed by atoms with E-state index in [4.69, 9.17) is 23.1 Å². The standard InChI is InChI=1S/C14H21ClFN3/c1-19(9-6-4-2-3-5-7-9)14-11(18)8-10(17)12(15)13(14)16/h8-9H,2-7,17-18H2,1H3. The zero-order chi connectivity index (χ0) is 14.0. The van der Waals surface area contributed by atoms with Gasteiger partial charge in [-0.3, -0.25) is 0 Å². The second kappa shape index (κ2) is 5.87. The van der Waals surface area contributed by atoms with Crippen LogP contribution in [0.15, 0.2) is 6.07 Å². The number of nitrogens with two attached hydrogens (primary N) is 2. The molecule has 2 rings (SSSR count). The van der Waals surface area contributed by atoms with Gasteiger partial charge in [0.05, 0.1) is 17.1 Å². The predicted molar refractivity (Wildman–Crippen MR) is 80.1 cm³/mol. The summed E-state index contributed by atoms with van der Waals surface area (Å²) in [5, 5.41) is -0.0373. The van der Waals surface area contributed by atoms with Crippen LogP contribution in [0.3, 0.4) is 0 Å². The first-order valence-corrected chi connectivity index (χ1v) is 7.16. The minimum atomic E-state index is -0.508. The van der Waals surface area contributed by atoms with Crippen LogP contribution in [0.2, 0.25) is 5.02 Å². The van der Waals surface area contributed by atoms with Gasteiger partial charge in [-0.1, -0.05) is 37.3 Å². The summed E-state index contributed by atoms with van der Waals surface area (Å²) < 4.78 is 14.3. The summed E-state index contributed by atoms with van der Waals surface area (Å²) in [6.07, 6.45) is 7.00. The van der Waals surface area contributed by atoms with Gasteiger partial charge in [-0.15, -0.1) is 0 Å². The first-order chi connectivity index (χ1) is 9.02. The average Bonchev–Trinajstić information content (AvgIpc) is 2.64. The van der Waals surface area contributed by atoms with E-state index < -0.39 is 5.82 Å². The highest BCUT2D eigenvalue weighted by atomic mass is 35.5. The second-order valence-corrected chi connectivity index (χ2v) is 5.67. The lowest BCUT2D eigenvalue weighted by atomic mass is 10.1. The SMILES string of the molecule is CN(c1c(N)cc(N)c(Cl)c1F)C1CCCCCC1. The van der Waals surface area contributed by atoms with Crippen LogP contribution in [-0.2, 0) is 0 Å². The molecule has 1 fully saturated rings. The summed E-state index contributed by atoms with van der Waals surface area (Å²) >= 11 is 5.89. The number of hydrogen-bond donors (Lipinski definition) is 2. The van der Waals surface area contributed by atoms with E-state index in [2.05, 4.69) is 0 Å². The molecule has 0 aromatic heterocycles. The molecule has 1 aliphatic rings. The minimum absolute atomic E-state index is 0.0373. The maximum Gasteiger partial charge on any atom is 0.169 e. The highest BCUT2D eigenvalue weighted by Crippen LogP contribution is 2.37. The zero-order valence-corrected chi connectivity index (χ0v) is 12.0. The molecule has 1 saturated carbocycles. The van der Waals surface area contributed by atoms with Crippen molar-refractivity contribution >= 4 is 28.7 Å². The molecular weight excluding hydrogens is 265 g/mol. The first-order valence-electron chi connectivity index (χ1n) is 6.78. The third-order valence-electron chi connectivity index (χ3n) is 3.96. The van der Waals surface area contributed by atoms with Gasteiger partial charge in [-0.25, -0.2) is 4.39 Å². The van der Waals surface area contributed by atoms with Gasteiger partial charge in [0.15, 0.2) is 5.82 Å². The molecule has 0 amide bonds. The molecular formula is C14H21ClFN3. The van der Waals surface area contributed by atoms with Crippen LogP contribution in [0.4, 0.5) is 21.5 Å². The first kappa shape index (κ1) is 14.3. The maximum absolute atomic E-state index is 14.3. The van der Waals surface area contributed by atoms with Gasteiger partial charge in [0.2, 0.25) is 0 Å². The van der Waals surface area contributed by atoms with Crippen LogP contribution in [0.5, 0.6) is 0 Å². The number of benzene rings is 1. The molecule has 1 aromatic rings. The number of hydrogen-bond acceptors (Lipinski definition) is 3. The zero-order valence-electron chi connectivity index (χ0n) is 11.3. The summed E-state index contributed by atoms with van der Waals surface area (Å²) in [7, 11) is 1.89. The van der Waals surface area contributed by atoms with Gasteiger partial charge in [-0.05, 0) is 18.9 Å². The molecule has 4 N–H and O–H groups in total. The molecule has 0 saturated heterocycles. The Morgan fingerprint density at radius 1 is 1.16 bits per heavy atom. The van der Waals surface area contributed by atoms with Gasteiger partial charge >= 0.3 is 0 Å². The predicted octanol–water partition coefficient (Wildman–Crippen LogP) is 3.80. The van der Waals surface area contributed by atoms with Crippen LogP contribution >= 0.6 is 11.6 Å². The van der Waals surface area contributed by atoms with Gasteiger partial charge in [0, 0.05) is 13.1 Å². The smallest absolute Gasteiger partial charge is 0.169 e. The Kier molecular flexibility index (Phi) is 4.40. The van der Waals surface area contributed by atoms with E-state index in [0.717, 1.165) is 12.8 Å². The maximum atomic E-state index is 14.3. The van der Waals surface area contributed by atoms with Crippen molar-refractivity contribution in [3.8, 4) is 0 Å². The molecule has 0 atom stereocenters. The Labute approximate surface area is 118 Å². The van der Waals surface area contributed by atoms with E-state index in [1.165, 1.54) is 31.7 Å². The Hall–Kier alpha value is -1.16. The topological polar surface area (TPSA) is 55.3 Å². The average molecular weight is 286 g/mol. The van der Waals surface area contributed by atoms with Crippen molar-refractivity contribution in [3.63, 3.8) is 0 Å². The Morgan fingerprint density at radius 3 is 2.32 bits per heavy atom. The summed E-state index contributed by atoms with van der Waals surface area (Å²) in [5.41, 5.74) is 12.5. The largest absolute Gasteiger partial charge is 0.397 e. The van der Waals surface area contributed by atoms with Crippen LogP contribution in [-0.4, -0.2) is 13.1 Å². The lowest BCUT2D eigenvalue weighted by Gasteiger charge is -2.31. The highest BCUT2D eigenvalue weighted by Gasteiger charge is 2.23. The third-order valence-corrected chi connectivity index (χ3v) is 4.35. The van der Waals surface area contributed by atoms with E-state index >= 15 is 0 Å².